The number of aromatic nitrogens is 1. The van der Waals surface area contributed by atoms with Crippen LogP contribution in [0, 0.1) is 6.92 Å². The number of benzene rings is 1. The summed E-state index contributed by atoms with van der Waals surface area (Å²) in [6, 6.07) is 15.7. The highest BCUT2D eigenvalue weighted by Gasteiger charge is 2.41. The van der Waals surface area contributed by atoms with E-state index in [1.165, 1.54) is 16.7 Å². The van der Waals surface area contributed by atoms with E-state index in [2.05, 4.69) is 39.6 Å². The van der Waals surface area contributed by atoms with Crippen LogP contribution in [-0.4, -0.2) is 23.1 Å². The van der Waals surface area contributed by atoms with Crippen molar-refractivity contribution in [3.8, 4) is 5.75 Å². The number of thiocarbonyl (C=S) groups is 1. The van der Waals surface area contributed by atoms with E-state index < -0.39 is 0 Å². The number of rotatable bonds is 5. The van der Waals surface area contributed by atoms with Gasteiger partial charge in [-0.15, -0.1) is 11.3 Å². The number of hydrogen-bond acceptors (Lipinski definition) is 5. The molecule has 2 atom stereocenters. The molecule has 154 valence electrons. The Morgan fingerprint density at radius 3 is 2.73 bits per heavy atom. The smallest absolute Gasteiger partial charge is 0.221 e. The number of carbonyl (C=O) groups excluding carboxylic acids is 1. The number of carbonyl (C=O) groups is 1. The minimum Gasteiger partial charge on any atom is -0.495 e. The Kier molecular flexibility index (Phi) is 5.69. The second-order valence-corrected chi connectivity index (χ2v) is 8.72. The van der Waals surface area contributed by atoms with Crippen molar-refractivity contribution >= 4 is 45.9 Å². The standard InChI is InChI=1S/C22H22N4O2S2/c1-13-7-10-19(30-13)21-20(16-6-4-5-11-23-16)25-22(29)26(21)15-8-9-18(28-3)17(12-15)24-14(2)27/h4-12,20-21H,1-3H3,(H,24,27)(H,25,29)/t20-,21-/m0/s1. The predicted octanol–water partition coefficient (Wildman–Crippen LogP) is 4.60. The van der Waals surface area contributed by atoms with Crippen molar-refractivity contribution in [1.29, 1.82) is 0 Å². The number of ether oxygens (including phenoxy) is 1. The van der Waals surface area contributed by atoms with Crippen LogP contribution in [0.3, 0.4) is 0 Å². The lowest BCUT2D eigenvalue weighted by Crippen LogP contribution is -2.29. The fourth-order valence-electron chi connectivity index (χ4n) is 3.67. The van der Waals surface area contributed by atoms with E-state index in [1.807, 2.05) is 36.4 Å². The van der Waals surface area contributed by atoms with Crippen LogP contribution in [0.4, 0.5) is 11.4 Å². The van der Waals surface area contributed by atoms with Gasteiger partial charge in [-0.25, -0.2) is 0 Å². The van der Waals surface area contributed by atoms with Crippen molar-refractivity contribution in [3.05, 3.63) is 70.2 Å². The van der Waals surface area contributed by atoms with Gasteiger partial charge >= 0.3 is 0 Å². The van der Waals surface area contributed by atoms with Crippen molar-refractivity contribution in [1.82, 2.24) is 10.3 Å². The number of methoxy groups -OCH3 is 1. The van der Waals surface area contributed by atoms with E-state index in [4.69, 9.17) is 17.0 Å². The Labute approximate surface area is 184 Å². The minimum atomic E-state index is -0.163. The van der Waals surface area contributed by atoms with Crippen LogP contribution >= 0.6 is 23.6 Å². The number of amides is 1. The molecule has 0 aliphatic carbocycles. The monoisotopic (exact) mass is 438 g/mol. The zero-order valence-corrected chi connectivity index (χ0v) is 18.5. The maximum atomic E-state index is 11.7. The van der Waals surface area contributed by atoms with Gasteiger partial charge in [0.15, 0.2) is 5.11 Å². The molecule has 3 aromatic rings. The van der Waals surface area contributed by atoms with E-state index >= 15 is 0 Å². The van der Waals surface area contributed by atoms with E-state index in [0.29, 0.717) is 16.5 Å². The third-order valence-electron chi connectivity index (χ3n) is 4.92. The van der Waals surface area contributed by atoms with Crippen molar-refractivity contribution in [3.63, 3.8) is 0 Å². The molecule has 0 radical (unpaired) electrons. The Bertz CT molecular complexity index is 1080. The summed E-state index contributed by atoms with van der Waals surface area (Å²) >= 11 is 7.49. The van der Waals surface area contributed by atoms with Gasteiger partial charge in [-0.1, -0.05) is 6.07 Å². The quantitative estimate of drug-likeness (QED) is 0.568. The molecule has 8 heteroatoms. The van der Waals surface area contributed by atoms with Crippen LogP contribution in [0.5, 0.6) is 5.75 Å². The first kappa shape index (κ1) is 20.3. The van der Waals surface area contributed by atoms with E-state index in [0.717, 1.165) is 11.4 Å². The molecule has 1 fully saturated rings. The average molecular weight is 439 g/mol. The minimum absolute atomic E-state index is 0.0651. The molecule has 3 heterocycles. The van der Waals surface area contributed by atoms with Crippen LogP contribution in [0.1, 0.15) is 34.5 Å². The van der Waals surface area contributed by atoms with Crippen molar-refractivity contribution in [2.75, 3.05) is 17.3 Å². The third-order valence-corrected chi connectivity index (χ3v) is 6.31. The van der Waals surface area contributed by atoms with Gasteiger partial charge in [0.1, 0.15) is 5.75 Å². The average Bonchev–Trinajstić information content (AvgIpc) is 3.31. The molecule has 2 N–H and O–H groups in total. The summed E-state index contributed by atoms with van der Waals surface area (Å²) < 4.78 is 5.41. The Balaban J connectivity index is 1.81. The Morgan fingerprint density at radius 1 is 1.27 bits per heavy atom. The summed E-state index contributed by atoms with van der Waals surface area (Å²) in [6.45, 7) is 3.57. The number of nitrogens with one attached hydrogen (secondary N) is 2. The molecule has 1 aliphatic rings. The maximum absolute atomic E-state index is 11.7. The summed E-state index contributed by atoms with van der Waals surface area (Å²) in [7, 11) is 1.58. The molecule has 0 saturated carbocycles. The molecule has 0 spiro atoms. The van der Waals surface area contributed by atoms with Crippen molar-refractivity contribution in [2.24, 2.45) is 0 Å². The van der Waals surface area contributed by atoms with Crippen LogP contribution in [0.25, 0.3) is 0 Å². The molecule has 1 aromatic carbocycles. The summed E-state index contributed by atoms with van der Waals surface area (Å²) in [4.78, 5) is 20.8. The SMILES string of the molecule is COc1ccc(N2C(=S)N[C@@H](c3ccccn3)[C@@H]2c2ccc(C)s2)cc1NC(C)=O. The molecule has 1 amide bonds. The Morgan fingerprint density at radius 2 is 2.10 bits per heavy atom. The summed E-state index contributed by atoms with van der Waals surface area (Å²) in [5.41, 5.74) is 2.40. The lowest BCUT2D eigenvalue weighted by Gasteiger charge is -2.27. The highest BCUT2D eigenvalue weighted by Crippen LogP contribution is 2.44. The normalized spacial score (nSPS) is 18.2. The predicted molar refractivity (Wildman–Crippen MR) is 124 cm³/mol. The van der Waals surface area contributed by atoms with Crippen LogP contribution < -0.4 is 20.3 Å². The van der Waals surface area contributed by atoms with Crippen LogP contribution in [-0.2, 0) is 4.79 Å². The van der Waals surface area contributed by atoms with E-state index in [1.54, 1.807) is 24.6 Å². The second-order valence-electron chi connectivity index (χ2n) is 7.01. The van der Waals surface area contributed by atoms with Crippen LogP contribution in [0.2, 0.25) is 0 Å². The van der Waals surface area contributed by atoms with Gasteiger partial charge in [-0.05, 0) is 61.6 Å². The fourth-order valence-corrected chi connectivity index (χ4v) is 5.02. The topological polar surface area (TPSA) is 66.5 Å². The van der Waals surface area contributed by atoms with Gasteiger partial charge in [0, 0.05) is 28.6 Å². The number of thiophene rings is 1. The molecular weight excluding hydrogens is 416 g/mol. The first-order chi connectivity index (χ1) is 14.5. The van der Waals surface area contributed by atoms with Crippen LogP contribution in [0.15, 0.2) is 54.7 Å². The Hall–Kier alpha value is -2.97. The molecule has 30 heavy (non-hydrogen) atoms. The molecule has 1 aliphatic heterocycles. The second kappa shape index (κ2) is 8.41. The number of hydrogen-bond donors (Lipinski definition) is 2. The molecular formula is C22H22N4O2S2. The fraction of sp³-hybridized carbons (Fsp3) is 0.227. The molecule has 1 saturated heterocycles. The van der Waals surface area contributed by atoms with Gasteiger partial charge in [0.25, 0.3) is 0 Å². The van der Waals surface area contributed by atoms with E-state index in [-0.39, 0.29) is 18.0 Å². The molecule has 2 aromatic heterocycles. The highest BCUT2D eigenvalue weighted by molar-refractivity contribution is 7.80. The highest BCUT2D eigenvalue weighted by atomic mass is 32.1. The van der Waals surface area contributed by atoms with Gasteiger partial charge in [0.2, 0.25) is 5.91 Å². The molecule has 0 bridgehead atoms. The summed E-state index contributed by atoms with van der Waals surface area (Å²) in [5.74, 6) is 0.432. The zero-order valence-electron chi connectivity index (χ0n) is 16.9. The summed E-state index contributed by atoms with van der Waals surface area (Å²) in [5, 5.41) is 6.90. The first-order valence-corrected chi connectivity index (χ1v) is 10.7. The lowest BCUT2D eigenvalue weighted by atomic mass is 10.0. The number of aryl methyl sites for hydroxylation is 1. The van der Waals surface area contributed by atoms with Crippen molar-refractivity contribution < 1.29 is 9.53 Å². The van der Waals surface area contributed by atoms with Gasteiger partial charge in [0.05, 0.1) is 30.6 Å². The van der Waals surface area contributed by atoms with Gasteiger partial charge in [-0.2, -0.15) is 0 Å². The number of pyridine rings is 1. The van der Waals surface area contributed by atoms with Crippen molar-refractivity contribution in [2.45, 2.75) is 25.9 Å². The molecule has 0 unspecified atom stereocenters. The molecule has 6 nitrogen and oxygen atoms in total. The lowest BCUT2D eigenvalue weighted by molar-refractivity contribution is -0.114. The first-order valence-electron chi connectivity index (χ1n) is 9.50. The summed E-state index contributed by atoms with van der Waals surface area (Å²) in [6.07, 6.45) is 1.79. The number of anilines is 2. The van der Waals surface area contributed by atoms with Gasteiger partial charge in [-0.3, -0.25) is 9.78 Å². The van der Waals surface area contributed by atoms with E-state index in [9.17, 15) is 4.79 Å². The molecule has 4 rings (SSSR count). The largest absolute Gasteiger partial charge is 0.495 e. The number of nitrogens with zero attached hydrogens (tertiary/aromatic N) is 2. The van der Waals surface area contributed by atoms with Gasteiger partial charge < -0.3 is 20.3 Å². The zero-order chi connectivity index (χ0) is 21.3. The third kappa shape index (κ3) is 3.88. The maximum Gasteiger partial charge on any atom is 0.221 e.